The van der Waals surface area contributed by atoms with Gasteiger partial charge in [-0.05, 0) is 35.2 Å². The van der Waals surface area contributed by atoms with E-state index in [0.717, 1.165) is 12.2 Å². The zero-order valence-electron chi connectivity index (χ0n) is 10.9. The van der Waals surface area contributed by atoms with E-state index in [1.54, 1.807) is 7.11 Å². The predicted molar refractivity (Wildman–Crippen MR) is 77.8 cm³/mol. The largest absolute Gasteiger partial charge is 0.497 e. The van der Waals surface area contributed by atoms with Crippen LogP contribution < -0.4 is 4.74 Å². The van der Waals surface area contributed by atoms with Crippen LogP contribution in [0.25, 0.3) is 17.2 Å². The number of ether oxygens (including phenoxy) is 1. The summed E-state index contributed by atoms with van der Waals surface area (Å²) in [6.07, 6.45) is 5.39. The van der Waals surface area contributed by atoms with Gasteiger partial charge in [-0.2, -0.15) is 0 Å². The van der Waals surface area contributed by atoms with Gasteiger partial charge >= 0.3 is 0 Å². The van der Waals surface area contributed by atoms with Gasteiger partial charge in [0.1, 0.15) is 5.75 Å². The van der Waals surface area contributed by atoms with E-state index in [2.05, 4.69) is 55.5 Å². The highest BCUT2D eigenvalue weighted by Crippen LogP contribution is 2.22. The van der Waals surface area contributed by atoms with Crippen LogP contribution in [-0.2, 0) is 0 Å². The molecule has 0 aliphatic carbocycles. The number of methoxy groups -OCH3 is 1. The van der Waals surface area contributed by atoms with Crippen molar-refractivity contribution >= 4 is 6.08 Å². The monoisotopic (exact) mass is 238 g/mol. The molecule has 0 radical (unpaired) electrons. The maximum atomic E-state index is 5.16. The lowest BCUT2D eigenvalue weighted by Crippen LogP contribution is -1.83. The Morgan fingerprint density at radius 2 is 1.44 bits per heavy atom. The highest BCUT2D eigenvalue weighted by molar-refractivity contribution is 5.66. The molecule has 0 saturated carbocycles. The second-order valence-electron chi connectivity index (χ2n) is 4.16. The van der Waals surface area contributed by atoms with Crippen molar-refractivity contribution in [2.75, 3.05) is 7.11 Å². The molecule has 92 valence electrons. The van der Waals surface area contributed by atoms with Gasteiger partial charge in [0.25, 0.3) is 0 Å². The van der Waals surface area contributed by atoms with Crippen molar-refractivity contribution in [3.05, 3.63) is 60.2 Å². The van der Waals surface area contributed by atoms with Crippen LogP contribution in [0.15, 0.2) is 54.6 Å². The summed E-state index contributed by atoms with van der Waals surface area (Å²) in [5.41, 5.74) is 3.68. The Kier molecular flexibility index (Phi) is 4.19. The third-order valence-corrected chi connectivity index (χ3v) is 2.88. The average Bonchev–Trinajstić information content (AvgIpc) is 2.46. The van der Waals surface area contributed by atoms with E-state index in [1.165, 1.54) is 16.7 Å². The summed E-state index contributed by atoms with van der Waals surface area (Å²) in [7, 11) is 1.68. The van der Waals surface area contributed by atoms with Crippen molar-refractivity contribution < 1.29 is 4.74 Å². The highest BCUT2D eigenvalue weighted by atomic mass is 16.5. The van der Waals surface area contributed by atoms with Crippen molar-refractivity contribution in [2.45, 2.75) is 13.3 Å². The van der Waals surface area contributed by atoms with Crippen LogP contribution in [0.5, 0.6) is 5.75 Å². The number of allylic oxidation sites excluding steroid dienone is 1. The highest BCUT2D eigenvalue weighted by Gasteiger charge is 1.97. The summed E-state index contributed by atoms with van der Waals surface area (Å²) in [6.45, 7) is 2.14. The molecule has 2 aromatic rings. The summed E-state index contributed by atoms with van der Waals surface area (Å²) in [6, 6.07) is 16.7. The molecule has 0 amide bonds. The van der Waals surface area contributed by atoms with Crippen LogP contribution in [0.4, 0.5) is 0 Å². The van der Waals surface area contributed by atoms with E-state index in [4.69, 9.17) is 4.74 Å². The van der Waals surface area contributed by atoms with Crippen LogP contribution in [0, 0.1) is 0 Å². The lowest BCUT2D eigenvalue weighted by atomic mass is 10.0. The molecule has 0 unspecified atom stereocenters. The molecule has 0 fully saturated rings. The third kappa shape index (κ3) is 3.01. The van der Waals surface area contributed by atoms with Gasteiger partial charge in [0.2, 0.25) is 0 Å². The first-order valence-corrected chi connectivity index (χ1v) is 6.24. The maximum absolute atomic E-state index is 5.16. The molecule has 0 atom stereocenters. The van der Waals surface area contributed by atoms with Gasteiger partial charge < -0.3 is 4.74 Å². The molecule has 2 aromatic carbocycles. The van der Waals surface area contributed by atoms with E-state index < -0.39 is 0 Å². The van der Waals surface area contributed by atoms with Gasteiger partial charge in [-0.15, -0.1) is 0 Å². The Morgan fingerprint density at radius 1 is 0.889 bits per heavy atom. The molecule has 0 saturated heterocycles. The van der Waals surface area contributed by atoms with Crippen LogP contribution in [0.3, 0.4) is 0 Å². The van der Waals surface area contributed by atoms with E-state index in [9.17, 15) is 0 Å². The lowest BCUT2D eigenvalue weighted by Gasteiger charge is -2.04. The zero-order valence-corrected chi connectivity index (χ0v) is 10.9. The van der Waals surface area contributed by atoms with Crippen molar-refractivity contribution in [1.29, 1.82) is 0 Å². The number of hydrogen-bond donors (Lipinski definition) is 0. The second kappa shape index (κ2) is 6.06. The molecular formula is C17H18O. The minimum absolute atomic E-state index is 0.890. The van der Waals surface area contributed by atoms with Crippen LogP contribution in [0.2, 0.25) is 0 Å². The molecule has 2 rings (SSSR count). The van der Waals surface area contributed by atoms with Crippen molar-refractivity contribution in [3.63, 3.8) is 0 Å². The van der Waals surface area contributed by atoms with Crippen molar-refractivity contribution in [3.8, 4) is 16.9 Å². The standard InChI is InChI=1S/C17H18O/c1-3-4-5-14-6-8-15(9-7-14)16-10-12-17(18-2)13-11-16/h4-13H,3H2,1-2H3/b5-4-. The summed E-state index contributed by atoms with van der Waals surface area (Å²) in [4.78, 5) is 0. The number of rotatable bonds is 4. The fourth-order valence-electron chi connectivity index (χ4n) is 1.82. The molecule has 0 spiro atoms. The van der Waals surface area contributed by atoms with E-state index in [1.807, 2.05) is 12.1 Å². The van der Waals surface area contributed by atoms with Crippen molar-refractivity contribution in [2.24, 2.45) is 0 Å². The average molecular weight is 238 g/mol. The Morgan fingerprint density at radius 3 is 1.94 bits per heavy atom. The first-order chi connectivity index (χ1) is 8.83. The Hall–Kier alpha value is -2.02. The summed E-state index contributed by atoms with van der Waals surface area (Å²) in [5, 5.41) is 0. The zero-order chi connectivity index (χ0) is 12.8. The number of hydrogen-bond acceptors (Lipinski definition) is 1. The fraction of sp³-hybridized carbons (Fsp3) is 0.176. The summed E-state index contributed by atoms with van der Waals surface area (Å²) < 4.78 is 5.16. The maximum Gasteiger partial charge on any atom is 0.118 e. The van der Waals surface area contributed by atoms with Crippen LogP contribution >= 0.6 is 0 Å². The number of benzene rings is 2. The predicted octanol–water partition coefficient (Wildman–Crippen LogP) is 4.79. The molecule has 1 heteroatoms. The second-order valence-corrected chi connectivity index (χ2v) is 4.16. The first-order valence-electron chi connectivity index (χ1n) is 6.24. The van der Waals surface area contributed by atoms with Gasteiger partial charge in [-0.25, -0.2) is 0 Å². The van der Waals surface area contributed by atoms with E-state index >= 15 is 0 Å². The SMILES string of the molecule is CC/C=C\c1ccc(-c2ccc(OC)cc2)cc1. The van der Waals surface area contributed by atoms with Crippen LogP contribution in [-0.4, -0.2) is 7.11 Å². The lowest BCUT2D eigenvalue weighted by molar-refractivity contribution is 0.415. The van der Waals surface area contributed by atoms with Gasteiger partial charge in [0.05, 0.1) is 7.11 Å². The minimum atomic E-state index is 0.890. The third-order valence-electron chi connectivity index (χ3n) is 2.88. The Labute approximate surface area is 109 Å². The van der Waals surface area contributed by atoms with E-state index in [-0.39, 0.29) is 0 Å². The van der Waals surface area contributed by atoms with Gasteiger partial charge in [0.15, 0.2) is 0 Å². The molecule has 0 aliphatic heterocycles. The molecular weight excluding hydrogens is 220 g/mol. The summed E-state index contributed by atoms with van der Waals surface area (Å²) in [5.74, 6) is 0.890. The minimum Gasteiger partial charge on any atom is -0.497 e. The molecule has 18 heavy (non-hydrogen) atoms. The fourth-order valence-corrected chi connectivity index (χ4v) is 1.82. The van der Waals surface area contributed by atoms with Crippen LogP contribution in [0.1, 0.15) is 18.9 Å². The molecule has 0 aliphatic rings. The summed E-state index contributed by atoms with van der Waals surface area (Å²) >= 11 is 0. The normalized spacial score (nSPS) is 10.8. The van der Waals surface area contributed by atoms with Gasteiger partial charge in [0, 0.05) is 0 Å². The molecule has 0 heterocycles. The van der Waals surface area contributed by atoms with Gasteiger partial charge in [-0.3, -0.25) is 0 Å². The Bertz CT molecular complexity index is 506. The molecule has 0 aromatic heterocycles. The van der Waals surface area contributed by atoms with E-state index in [0.29, 0.717) is 0 Å². The van der Waals surface area contributed by atoms with Crippen molar-refractivity contribution in [1.82, 2.24) is 0 Å². The Balaban J connectivity index is 2.20. The van der Waals surface area contributed by atoms with Gasteiger partial charge in [-0.1, -0.05) is 55.5 Å². The molecule has 0 N–H and O–H groups in total. The molecule has 1 nitrogen and oxygen atoms in total. The molecule has 0 bridgehead atoms. The smallest absolute Gasteiger partial charge is 0.118 e. The topological polar surface area (TPSA) is 9.23 Å². The first kappa shape index (κ1) is 12.4. The quantitative estimate of drug-likeness (QED) is 0.744.